The fourth-order valence-electron chi connectivity index (χ4n) is 3.36. The third kappa shape index (κ3) is 4.45. The van der Waals surface area contributed by atoms with Crippen LogP contribution in [0.4, 0.5) is 5.69 Å². The number of benzene rings is 2. The van der Waals surface area contributed by atoms with Crippen LogP contribution in [0.25, 0.3) is 10.9 Å². The van der Waals surface area contributed by atoms with Gasteiger partial charge in [-0.2, -0.15) is 0 Å². The van der Waals surface area contributed by atoms with E-state index in [1.165, 1.54) is 47.8 Å². The second kappa shape index (κ2) is 8.75. The normalized spacial score (nSPS) is 11.1. The van der Waals surface area contributed by atoms with Crippen LogP contribution in [-0.2, 0) is 6.54 Å². The van der Waals surface area contributed by atoms with Crippen LogP contribution in [0.5, 0.6) is 0 Å². The third-order valence-electron chi connectivity index (χ3n) is 4.90. The highest BCUT2D eigenvalue weighted by molar-refractivity contribution is 5.80. The van der Waals surface area contributed by atoms with Gasteiger partial charge in [-0.05, 0) is 48.1 Å². The molecule has 0 atom stereocenters. The fraction of sp³-hybridized carbons (Fsp3) is 0.391. The highest BCUT2D eigenvalue weighted by Gasteiger charge is 2.06. The first kappa shape index (κ1) is 17.6. The monoisotopic (exact) mass is 334 g/mol. The average molecular weight is 335 g/mol. The topological polar surface area (TPSA) is 8.17 Å². The van der Waals surface area contributed by atoms with E-state index in [0.717, 1.165) is 19.6 Å². The molecule has 0 fully saturated rings. The molecule has 0 spiro atoms. The predicted octanol–water partition coefficient (Wildman–Crippen LogP) is 6.10. The molecular formula is C23H30N2. The maximum Gasteiger partial charge on any atom is 0.0483 e. The first-order chi connectivity index (χ1) is 12.3. The minimum atomic E-state index is 0.928. The Morgan fingerprint density at radius 2 is 1.48 bits per heavy atom. The van der Waals surface area contributed by atoms with Gasteiger partial charge in [-0.15, -0.1) is 0 Å². The van der Waals surface area contributed by atoms with Gasteiger partial charge in [0.1, 0.15) is 0 Å². The summed E-state index contributed by atoms with van der Waals surface area (Å²) >= 11 is 0. The van der Waals surface area contributed by atoms with Crippen LogP contribution >= 0.6 is 0 Å². The van der Waals surface area contributed by atoms with E-state index in [9.17, 15) is 0 Å². The predicted molar refractivity (Wildman–Crippen MR) is 110 cm³/mol. The number of anilines is 1. The number of para-hydroxylation sites is 1. The van der Waals surface area contributed by atoms with Gasteiger partial charge < -0.3 is 9.47 Å². The van der Waals surface area contributed by atoms with Crippen molar-refractivity contribution in [2.24, 2.45) is 0 Å². The Labute approximate surface area is 152 Å². The van der Waals surface area contributed by atoms with Gasteiger partial charge >= 0.3 is 0 Å². The molecule has 0 amide bonds. The molecule has 0 aliphatic heterocycles. The van der Waals surface area contributed by atoms with Gasteiger partial charge in [-0.1, -0.05) is 57.0 Å². The molecule has 2 nitrogen and oxygen atoms in total. The first-order valence-electron chi connectivity index (χ1n) is 9.69. The largest absolute Gasteiger partial charge is 0.372 e. The van der Waals surface area contributed by atoms with Crippen LogP contribution in [-0.4, -0.2) is 17.7 Å². The summed E-state index contributed by atoms with van der Waals surface area (Å²) in [6, 6.07) is 19.9. The minimum absolute atomic E-state index is 0.928. The summed E-state index contributed by atoms with van der Waals surface area (Å²) in [5, 5.41) is 1.31. The van der Waals surface area contributed by atoms with Crippen LogP contribution in [0.15, 0.2) is 60.8 Å². The van der Waals surface area contributed by atoms with Crippen molar-refractivity contribution in [3.63, 3.8) is 0 Å². The van der Waals surface area contributed by atoms with Crippen molar-refractivity contribution < 1.29 is 0 Å². The number of unbranched alkanes of at least 4 members (excludes halogenated alkanes) is 2. The fourth-order valence-corrected chi connectivity index (χ4v) is 3.36. The van der Waals surface area contributed by atoms with Crippen LogP contribution in [0.1, 0.15) is 45.1 Å². The number of nitrogens with zero attached hydrogens (tertiary/aromatic N) is 2. The molecule has 0 bridgehead atoms. The van der Waals surface area contributed by atoms with Gasteiger partial charge in [-0.25, -0.2) is 0 Å². The Morgan fingerprint density at radius 3 is 2.16 bits per heavy atom. The number of aromatic nitrogens is 1. The van der Waals surface area contributed by atoms with Gasteiger partial charge in [0.15, 0.2) is 0 Å². The lowest BCUT2D eigenvalue weighted by atomic mass is 10.1. The summed E-state index contributed by atoms with van der Waals surface area (Å²) in [6.45, 7) is 7.79. The summed E-state index contributed by atoms with van der Waals surface area (Å²) in [5.41, 5.74) is 4.03. The van der Waals surface area contributed by atoms with Gasteiger partial charge in [0, 0.05) is 37.0 Å². The number of rotatable bonds is 9. The van der Waals surface area contributed by atoms with Crippen molar-refractivity contribution in [2.75, 3.05) is 18.0 Å². The molecule has 0 aliphatic carbocycles. The zero-order chi connectivity index (χ0) is 17.5. The Kier molecular flexibility index (Phi) is 6.16. The van der Waals surface area contributed by atoms with Crippen molar-refractivity contribution >= 4 is 16.6 Å². The zero-order valence-corrected chi connectivity index (χ0v) is 15.6. The SMILES string of the molecule is CCCCN(CCCC)c1ccc(Cn2ccc3ccccc32)cc1. The molecule has 1 heterocycles. The molecule has 2 heteroatoms. The molecule has 25 heavy (non-hydrogen) atoms. The Morgan fingerprint density at radius 1 is 0.800 bits per heavy atom. The maximum absolute atomic E-state index is 2.54. The quantitative estimate of drug-likeness (QED) is 0.459. The van der Waals surface area contributed by atoms with E-state index in [2.05, 4.69) is 84.1 Å². The summed E-state index contributed by atoms with van der Waals surface area (Å²) < 4.78 is 2.33. The molecule has 0 N–H and O–H groups in total. The van der Waals surface area contributed by atoms with Gasteiger partial charge in [0.2, 0.25) is 0 Å². The summed E-state index contributed by atoms with van der Waals surface area (Å²) in [4.78, 5) is 2.54. The standard InChI is InChI=1S/C23H30N2/c1-3-5-16-24(17-6-4-2)22-13-11-20(12-14-22)19-25-18-15-21-9-7-8-10-23(21)25/h7-15,18H,3-6,16-17,19H2,1-2H3. The minimum Gasteiger partial charge on any atom is -0.372 e. The van der Waals surface area contributed by atoms with Gasteiger partial charge in [-0.3, -0.25) is 0 Å². The van der Waals surface area contributed by atoms with Crippen molar-refractivity contribution in [1.82, 2.24) is 4.57 Å². The van der Waals surface area contributed by atoms with E-state index >= 15 is 0 Å². The molecular weight excluding hydrogens is 304 g/mol. The molecule has 0 radical (unpaired) electrons. The van der Waals surface area contributed by atoms with Crippen molar-refractivity contribution in [2.45, 2.75) is 46.1 Å². The van der Waals surface area contributed by atoms with Crippen molar-refractivity contribution in [3.05, 3.63) is 66.4 Å². The zero-order valence-electron chi connectivity index (χ0n) is 15.6. The summed E-state index contributed by atoms with van der Waals surface area (Å²) in [5.74, 6) is 0. The molecule has 0 aliphatic rings. The van der Waals surface area contributed by atoms with Gasteiger partial charge in [0.05, 0.1) is 0 Å². The molecule has 3 aromatic rings. The third-order valence-corrected chi connectivity index (χ3v) is 4.90. The molecule has 0 saturated carbocycles. The Bertz CT molecular complexity index is 762. The Hall–Kier alpha value is -2.22. The lowest BCUT2D eigenvalue weighted by Gasteiger charge is -2.25. The van der Waals surface area contributed by atoms with Crippen LogP contribution in [0, 0.1) is 0 Å². The van der Waals surface area contributed by atoms with E-state index < -0.39 is 0 Å². The first-order valence-corrected chi connectivity index (χ1v) is 9.69. The highest BCUT2D eigenvalue weighted by atomic mass is 15.1. The van der Waals surface area contributed by atoms with E-state index in [0.29, 0.717) is 0 Å². The number of fused-ring (bicyclic) bond motifs is 1. The van der Waals surface area contributed by atoms with Crippen molar-refractivity contribution in [1.29, 1.82) is 0 Å². The molecule has 0 unspecified atom stereocenters. The average Bonchev–Trinajstić information content (AvgIpc) is 3.06. The van der Waals surface area contributed by atoms with E-state index in [4.69, 9.17) is 0 Å². The number of hydrogen-bond donors (Lipinski definition) is 0. The summed E-state index contributed by atoms with van der Waals surface area (Å²) in [7, 11) is 0. The Balaban J connectivity index is 1.72. The van der Waals surface area contributed by atoms with Gasteiger partial charge in [0.25, 0.3) is 0 Å². The van der Waals surface area contributed by atoms with Crippen LogP contribution in [0.3, 0.4) is 0 Å². The van der Waals surface area contributed by atoms with Crippen molar-refractivity contribution in [3.8, 4) is 0 Å². The highest BCUT2D eigenvalue weighted by Crippen LogP contribution is 2.20. The lowest BCUT2D eigenvalue weighted by Crippen LogP contribution is -2.25. The second-order valence-corrected chi connectivity index (χ2v) is 6.86. The number of hydrogen-bond acceptors (Lipinski definition) is 1. The van der Waals surface area contributed by atoms with E-state index in [-0.39, 0.29) is 0 Å². The molecule has 0 saturated heterocycles. The molecule has 2 aromatic carbocycles. The smallest absolute Gasteiger partial charge is 0.0483 e. The molecule has 1 aromatic heterocycles. The molecule has 3 rings (SSSR count). The second-order valence-electron chi connectivity index (χ2n) is 6.86. The van der Waals surface area contributed by atoms with E-state index in [1.54, 1.807) is 0 Å². The van der Waals surface area contributed by atoms with Crippen LogP contribution < -0.4 is 4.90 Å². The van der Waals surface area contributed by atoms with E-state index in [1.807, 2.05) is 0 Å². The maximum atomic E-state index is 2.54. The molecule has 132 valence electrons. The lowest BCUT2D eigenvalue weighted by molar-refractivity contribution is 0.678. The summed E-state index contributed by atoms with van der Waals surface area (Å²) in [6.07, 6.45) is 7.22. The van der Waals surface area contributed by atoms with Crippen LogP contribution in [0.2, 0.25) is 0 Å².